The molecule has 0 aliphatic rings. The van der Waals surface area contributed by atoms with Crippen LogP contribution >= 0.6 is 15.9 Å². The number of aromatic nitrogens is 4. The summed E-state index contributed by atoms with van der Waals surface area (Å²) in [6.45, 7) is 2.63. The molecule has 19 heavy (non-hydrogen) atoms. The van der Waals surface area contributed by atoms with Gasteiger partial charge in [0, 0.05) is 17.2 Å². The lowest BCUT2D eigenvalue weighted by molar-refractivity contribution is 0.360. The maximum absolute atomic E-state index is 5.51. The van der Waals surface area contributed by atoms with Crippen LogP contribution < -0.4 is 14.8 Å². The molecule has 2 aromatic rings. The van der Waals surface area contributed by atoms with Gasteiger partial charge in [0.2, 0.25) is 5.95 Å². The smallest absolute Gasteiger partial charge is 0.330 e. The van der Waals surface area contributed by atoms with Crippen molar-refractivity contribution in [3.8, 4) is 17.8 Å². The van der Waals surface area contributed by atoms with E-state index in [1.807, 2.05) is 6.92 Å². The van der Waals surface area contributed by atoms with Crippen molar-refractivity contribution in [1.29, 1.82) is 0 Å². The molecule has 0 aliphatic carbocycles. The van der Waals surface area contributed by atoms with Gasteiger partial charge in [-0.3, -0.25) is 4.98 Å². The quantitative estimate of drug-likeness (QED) is 0.902. The number of halogens is 1. The van der Waals surface area contributed by atoms with Crippen LogP contribution in [0.2, 0.25) is 0 Å². The first-order valence-corrected chi connectivity index (χ1v) is 6.33. The molecule has 8 heteroatoms. The highest BCUT2D eigenvalue weighted by Crippen LogP contribution is 2.22. The Bertz CT molecular complexity index is 567. The van der Waals surface area contributed by atoms with E-state index in [1.54, 1.807) is 18.5 Å². The standard InChI is InChI=1S/C11H12BrN5O2/c1-3-14-9-15-10(18-2)17-11(16-9)19-8-4-7(12)5-13-6-8/h4-6H,3H2,1-2H3,(H,14,15,16,17). The van der Waals surface area contributed by atoms with Crippen LogP contribution in [0.1, 0.15) is 6.92 Å². The van der Waals surface area contributed by atoms with Gasteiger partial charge < -0.3 is 14.8 Å². The summed E-state index contributed by atoms with van der Waals surface area (Å²) in [5.74, 6) is 0.914. The Labute approximate surface area is 118 Å². The fourth-order valence-electron chi connectivity index (χ4n) is 1.27. The van der Waals surface area contributed by atoms with Crippen LogP contribution in [0.15, 0.2) is 22.9 Å². The second kappa shape index (κ2) is 6.28. The molecule has 2 heterocycles. The summed E-state index contributed by atoms with van der Waals surface area (Å²) in [6, 6.07) is 2.09. The minimum absolute atomic E-state index is 0.141. The van der Waals surface area contributed by atoms with Crippen LogP contribution in [0.5, 0.6) is 17.8 Å². The number of hydrogen-bond donors (Lipinski definition) is 1. The Morgan fingerprint density at radius 1 is 1.21 bits per heavy atom. The van der Waals surface area contributed by atoms with Gasteiger partial charge in [-0.15, -0.1) is 4.98 Å². The second-order valence-electron chi connectivity index (χ2n) is 3.40. The Hall–Kier alpha value is -1.96. The molecule has 0 spiro atoms. The van der Waals surface area contributed by atoms with Crippen LogP contribution in [-0.4, -0.2) is 33.6 Å². The van der Waals surface area contributed by atoms with Gasteiger partial charge in [0.05, 0.1) is 13.3 Å². The Morgan fingerprint density at radius 2 is 2.00 bits per heavy atom. The zero-order valence-electron chi connectivity index (χ0n) is 10.4. The van der Waals surface area contributed by atoms with E-state index in [4.69, 9.17) is 9.47 Å². The summed E-state index contributed by atoms with van der Waals surface area (Å²) in [5.41, 5.74) is 0. The van der Waals surface area contributed by atoms with Gasteiger partial charge in [-0.1, -0.05) is 0 Å². The summed E-state index contributed by atoms with van der Waals surface area (Å²) in [6.07, 6.45) is 3.22. The van der Waals surface area contributed by atoms with Crippen molar-refractivity contribution in [3.05, 3.63) is 22.9 Å². The molecule has 0 saturated heterocycles. The van der Waals surface area contributed by atoms with Gasteiger partial charge in [0.25, 0.3) is 0 Å². The molecule has 0 amide bonds. The largest absolute Gasteiger partial charge is 0.467 e. The van der Waals surface area contributed by atoms with Crippen molar-refractivity contribution in [2.24, 2.45) is 0 Å². The number of methoxy groups -OCH3 is 1. The van der Waals surface area contributed by atoms with Gasteiger partial charge in [-0.05, 0) is 28.9 Å². The fourth-order valence-corrected chi connectivity index (χ4v) is 1.61. The zero-order chi connectivity index (χ0) is 13.7. The molecule has 7 nitrogen and oxygen atoms in total. The maximum Gasteiger partial charge on any atom is 0.330 e. The van der Waals surface area contributed by atoms with E-state index < -0.39 is 0 Å². The van der Waals surface area contributed by atoms with E-state index in [0.717, 1.165) is 4.47 Å². The molecule has 1 N–H and O–H groups in total. The third kappa shape index (κ3) is 3.75. The van der Waals surface area contributed by atoms with E-state index in [-0.39, 0.29) is 12.0 Å². The van der Waals surface area contributed by atoms with E-state index in [1.165, 1.54) is 7.11 Å². The van der Waals surface area contributed by atoms with Crippen LogP contribution in [0, 0.1) is 0 Å². The van der Waals surface area contributed by atoms with Gasteiger partial charge in [-0.2, -0.15) is 9.97 Å². The van der Waals surface area contributed by atoms with Crippen molar-refractivity contribution in [1.82, 2.24) is 19.9 Å². The second-order valence-corrected chi connectivity index (χ2v) is 4.32. The number of nitrogens with one attached hydrogen (secondary N) is 1. The fraction of sp³-hybridized carbons (Fsp3) is 0.273. The zero-order valence-corrected chi connectivity index (χ0v) is 12.0. The van der Waals surface area contributed by atoms with Gasteiger partial charge in [-0.25, -0.2) is 0 Å². The molecule has 2 rings (SSSR count). The highest BCUT2D eigenvalue weighted by atomic mass is 79.9. The number of pyridine rings is 1. The van der Waals surface area contributed by atoms with Crippen LogP contribution in [0.4, 0.5) is 5.95 Å². The lowest BCUT2D eigenvalue weighted by Crippen LogP contribution is -2.06. The normalized spacial score (nSPS) is 10.1. The first-order chi connectivity index (χ1) is 9.21. The molecule has 0 radical (unpaired) electrons. The summed E-state index contributed by atoms with van der Waals surface area (Å²) in [5, 5.41) is 2.97. The summed E-state index contributed by atoms with van der Waals surface area (Å²) in [7, 11) is 1.48. The minimum atomic E-state index is 0.141. The van der Waals surface area contributed by atoms with Crippen molar-refractivity contribution < 1.29 is 9.47 Å². The number of nitrogens with zero attached hydrogens (tertiary/aromatic N) is 4. The van der Waals surface area contributed by atoms with Gasteiger partial charge in [0.1, 0.15) is 0 Å². The molecule has 0 aliphatic heterocycles. The highest BCUT2D eigenvalue weighted by Gasteiger charge is 2.08. The Morgan fingerprint density at radius 3 is 2.68 bits per heavy atom. The molecule has 0 saturated carbocycles. The van der Waals surface area contributed by atoms with E-state index in [2.05, 4.69) is 41.2 Å². The summed E-state index contributed by atoms with van der Waals surface area (Å²) < 4.78 is 11.3. The predicted molar refractivity (Wildman–Crippen MR) is 72.6 cm³/mol. The minimum Gasteiger partial charge on any atom is -0.467 e. The van der Waals surface area contributed by atoms with Crippen molar-refractivity contribution in [3.63, 3.8) is 0 Å². The Kier molecular flexibility index (Phi) is 4.45. The molecule has 100 valence electrons. The van der Waals surface area contributed by atoms with Gasteiger partial charge >= 0.3 is 12.0 Å². The topological polar surface area (TPSA) is 82.1 Å². The van der Waals surface area contributed by atoms with E-state index >= 15 is 0 Å². The third-order valence-electron chi connectivity index (χ3n) is 2.00. The average molecular weight is 326 g/mol. The number of rotatable bonds is 5. The average Bonchev–Trinajstić information content (AvgIpc) is 2.39. The van der Waals surface area contributed by atoms with Crippen molar-refractivity contribution in [2.45, 2.75) is 6.92 Å². The third-order valence-corrected chi connectivity index (χ3v) is 2.43. The summed E-state index contributed by atoms with van der Waals surface area (Å²) in [4.78, 5) is 16.2. The molecule has 0 unspecified atom stereocenters. The monoisotopic (exact) mass is 325 g/mol. The van der Waals surface area contributed by atoms with E-state index in [9.17, 15) is 0 Å². The van der Waals surface area contributed by atoms with Crippen LogP contribution in [0.3, 0.4) is 0 Å². The molecule has 0 fully saturated rings. The van der Waals surface area contributed by atoms with Crippen molar-refractivity contribution >= 4 is 21.9 Å². The maximum atomic E-state index is 5.51. The summed E-state index contributed by atoms with van der Waals surface area (Å²) >= 11 is 3.31. The van der Waals surface area contributed by atoms with Crippen molar-refractivity contribution in [2.75, 3.05) is 19.0 Å². The number of ether oxygens (including phenoxy) is 2. The SMILES string of the molecule is CCNc1nc(OC)nc(Oc2cncc(Br)c2)n1. The number of anilines is 1. The number of hydrogen-bond acceptors (Lipinski definition) is 7. The highest BCUT2D eigenvalue weighted by molar-refractivity contribution is 9.10. The molecule has 0 bridgehead atoms. The lowest BCUT2D eigenvalue weighted by Gasteiger charge is -2.07. The lowest BCUT2D eigenvalue weighted by atomic mass is 10.5. The Balaban J connectivity index is 2.26. The van der Waals surface area contributed by atoms with Gasteiger partial charge in [0.15, 0.2) is 5.75 Å². The molecular weight excluding hydrogens is 314 g/mol. The molecule has 0 aromatic carbocycles. The predicted octanol–water partition coefficient (Wildman–Crippen LogP) is 2.26. The molecule has 2 aromatic heterocycles. The van der Waals surface area contributed by atoms with Crippen LogP contribution in [0.25, 0.3) is 0 Å². The molecular formula is C11H12BrN5O2. The first-order valence-electron chi connectivity index (χ1n) is 5.53. The van der Waals surface area contributed by atoms with Crippen LogP contribution in [-0.2, 0) is 0 Å². The van der Waals surface area contributed by atoms with E-state index in [0.29, 0.717) is 18.2 Å². The first kappa shape index (κ1) is 13.5. The molecule has 0 atom stereocenters.